The van der Waals surface area contributed by atoms with Gasteiger partial charge in [-0.3, -0.25) is 6.08 Å². The zero-order valence-electron chi connectivity index (χ0n) is 4.57. The average Bonchev–Trinajstić information content (AvgIpc) is 1.76. The molecule has 1 aliphatic rings. The first-order valence-electron chi connectivity index (χ1n) is 1.73. The van der Waals surface area contributed by atoms with E-state index in [2.05, 4.69) is 12.2 Å². The third kappa shape index (κ3) is 12.3. The van der Waals surface area contributed by atoms with E-state index in [0.717, 1.165) is 6.42 Å². The van der Waals surface area contributed by atoms with E-state index in [1.807, 2.05) is 12.2 Å². The van der Waals surface area contributed by atoms with Crippen molar-refractivity contribution in [2.45, 2.75) is 6.42 Å². The van der Waals surface area contributed by atoms with Gasteiger partial charge in [0.2, 0.25) is 0 Å². The van der Waals surface area contributed by atoms with Crippen LogP contribution in [0.4, 0.5) is 0 Å². The van der Waals surface area contributed by atoms with Crippen LogP contribution in [0.3, 0.4) is 0 Å². The maximum Gasteiger partial charge on any atom is 4.00 e. The Balaban J connectivity index is -0.0000000312. The minimum Gasteiger partial charge on any atom is -1.00 e. The van der Waals surface area contributed by atoms with Crippen LogP contribution in [0, 0.1) is 6.08 Å². The topological polar surface area (TPSA) is 0 Å². The molecule has 0 aromatic heterocycles. The van der Waals surface area contributed by atoms with Crippen molar-refractivity contribution in [2.24, 2.45) is 0 Å². The first-order chi connectivity index (χ1) is 2.50. The molecule has 50 valence electrons. The smallest absolute Gasteiger partial charge is 1.00 e. The van der Waals surface area contributed by atoms with Crippen LogP contribution in [-0.2, 0) is 21.7 Å². The third-order valence-electron chi connectivity index (χ3n) is 0.586. The van der Waals surface area contributed by atoms with Gasteiger partial charge in [0.25, 0.3) is 0 Å². The van der Waals surface area contributed by atoms with E-state index in [0.29, 0.717) is 0 Å². The Morgan fingerprint density at radius 2 is 1.67 bits per heavy atom. The molecule has 0 fully saturated rings. The molecule has 0 aromatic carbocycles. The molecule has 0 bridgehead atoms. The maximum absolute atomic E-state index is 2.92. The van der Waals surface area contributed by atoms with Crippen molar-refractivity contribution < 1.29 is 58.9 Å². The van der Waals surface area contributed by atoms with Gasteiger partial charge in [0.15, 0.2) is 0 Å². The minimum atomic E-state index is 0. The second kappa shape index (κ2) is 16.0. The predicted octanol–water partition coefficient (Wildman–Crippen LogP) is -7.68. The molecule has 1 aliphatic carbocycles. The van der Waals surface area contributed by atoms with Gasteiger partial charge in [-0.15, -0.1) is 6.42 Å². The van der Waals surface area contributed by atoms with E-state index in [1.54, 1.807) is 0 Å². The molecule has 0 aliphatic heterocycles. The fourth-order valence-corrected chi connectivity index (χ4v) is 0.340. The molecule has 0 spiro atoms. The van der Waals surface area contributed by atoms with Crippen LogP contribution in [0.1, 0.15) is 6.42 Å². The molecule has 0 radical (unpaired) electrons. The number of allylic oxidation sites excluding steroid dienone is 4. The molecule has 0 nitrogen and oxygen atoms in total. The molecule has 1 rings (SSSR count). The molecule has 0 aromatic rings. The monoisotopic (exact) mass is 218 g/mol. The molecule has 0 saturated carbocycles. The van der Waals surface area contributed by atoms with Crippen molar-refractivity contribution in [1.82, 2.24) is 0 Å². The number of rotatable bonds is 0. The van der Waals surface area contributed by atoms with Gasteiger partial charge in [-0.25, -0.2) is 12.2 Å². The van der Waals surface area contributed by atoms with Crippen LogP contribution in [0.25, 0.3) is 0 Å². The fourth-order valence-electron chi connectivity index (χ4n) is 0.340. The Morgan fingerprint density at radius 3 is 1.78 bits per heavy atom. The van der Waals surface area contributed by atoms with Crippen molar-refractivity contribution in [1.29, 1.82) is 0 Å². The molecule has 0 N–H and O–H groups in total. The summed E-state index contributed by atoms with van der Waals surface area (Å²) in [5.74, 6) is 0. The molecule has 0 amide bonds. The van der Waals surface area contributed by atoms with E-state index in [9.17, 15) is 0 Å². The zero-order chi connectivity index (χ0) is 3.54. The molecule has 4 heteroatoms. The minimum absolute atomic E-state index is 0. The Morgan fingerprint density at radius 1 is 1.11 bits per heavy atom. The second-order valence-corrected chi connectivity index (χ2v) is 1.01. The van der Waals surface area contributed by atoms with E-state index < -0.39 is 0 Å². The van der Waals surface area contributed by atoms with Crippen molar-refractivity contribution in [3.05, 3.63) is 24.3 Å². The largest absolute Gasteiger partial charge is 4.00 e. The summed E-state index contributed by atoms with van der Waals surface area (Å²) in [4.78, 5) is 0. The Bertz CT molecular complexity index is 70.3. The Hall–Kier alpha value is 1.06. The summed E-state index contributed by atoms with van der Waals surface area (Å²) in [6.45, 7) is 0. The van der Waals surface area contributed by atoms with E-state index in [-0.39, 0.29) is 58.9 Å². The first kappa shape index (κ1) is 22.5. The molecular weight excluding hydrogens is 214 g/mol. The average molecular weight is 219 g/mol. The molecular formula is C5H5Cl3Ti. The van der Waals surface area contributed by atoms with Gasteiger partial charge in [-0.1, -0.05) is 0 Å². The first-order valence-corrected chi connectivity index (χ1v) is 1.73. The van der Waals surface area contributed by atoms with Gasteiger partial charge in [-0.2, -0.15) is 6.08 Å². The van der Waals surface area contributed by atoms with Crippen LogP contribution in [0.2, 0.25) is 0 Å². The van der Waals surface area contributed by atoms with Crippen LogP contribution in [0.15, 0.2) is 18.2 Å². The summed E-state index contributed by atoms with van der Waals surface area (Å²) in [5.41, 5.74) is 0. The number of hydrogen-bond acceptors (Lipinski definition) is 0. The fraction of sp³-hybridized carbons (Fsp3) is 0.200. The quantitative estimate of drug-likeness (QED) is 0.280. The summed E-state index contributed by atoms with van der Waals surface area (Å²) in [5, 5.41) is 0. The molecule has 0 heterocycles. The summed E-state index contributed by atoms with van der Waals surface area (Å²) in [6, 6.07) is 0. The number of hydrogen-bond donors (Lipinski definition) is 0. The van der Waals surface area contributed by atoms with Gasteiger partial charge >= 0.3 is 21.7 Å². The van der Waals surface area contributed by atoms with E-state index >= 15 is 0 Å². The maximum atomic E-state index is 2.92. The predicted molar refractivity (Wildman–Crippen MR) is 21.6 cm³/mol. The van der Waals surface area contributed by atoms with Crippen molar-refractivity contribution in [3.63, 3.8) is 0 Å². The van der Waals surface area contributed by atoms with Crippen LogP contribution in [0.5, 0.6) is 0 Å². The van der Waals surface area contributed by atoms with Gasteiger partial charge in [0, 0.05) is 0 Å². The van der Waals surface area contributed by atoms with E-state index in [1.165, 1.54) is 0 Å². The van der Waals surface area contributed by atoms with Gasteiger partial charge < -0.3 is 37.2 Å². The van der Waals surface area contributed by atoms with Crippen LogP contribution >= 0.6 is 0 Å². The van der Waals surface area contributed by atoms with Crippen LogP contribution < -0.4 is 37.2 Å². The SMILES string of the molecule is [C-]1=CCC=C1.[Cl-].[Cl-].[Cl-].[Ti+4]. The Labute approximate surface area is 89.3 Å². The normalized spacial score (nSPS) is 9.78. The van der Waals surface area contributed by atoms with E-state index in [4.69, 9.17) is 0 Å². The molecule has 9 heavy (non-hydrogen) atoms. The third-order valence-corrected chi connectivity index (χ3v) is 0.586. The Kier molecular flexibility index (Phi) is 40.0. The van der Waals surface area contributed by atoms with Crippen LogP contribution in [-0.4, -0.2) is 0 Å². The van der Waals surface area contributed by atoms with Gasteiger partial charge in [-0.05, 0) is 0 Å². The van der Waals surface area contributed by atoms with Gasteiger partial charge in [0.1, 0.15) is 0 Å². The molecule has 0 atom stereocenters. The summed E-state index contributed by atoms with van der Waals surface area (Å²) in [6.07, 6.45) is 10.0. The summed E-state index contributed by atoms with van der Waals surface area (Å²) < 4.78 is 0. The molecule has 0 unspecified atom stereocenters. The second-order valence-electron chi connectivity index (χ2n) is 1.01. The number of halogens is 3. The van der Waals surface area contributed by atoms with Gasteiger partial charge in [0.05, 0.1) is 0 Å². The van der Waals surface area contributed by atoms with Crippen molar-refractivity contribution in [2.75, 3.05) is 0 Å². The zero-order valence-corrected chi connectivity index (χ0v) is 8.40. The molecule has 0 saturated heterocycles. The summed E-state index contributed by atoms with van der Waals surface area (Å²) in [7, 11) is 0. The van der Waals surface area contributed by atoms with Crippen molar-refractivity contribution >= 4 is 0 Å². The van der Waals surface area contributed by atoms with Crippen molar-refractivity contribution in [3.8, 4) is 0 Å². The standard InChI is InChI=1S/C5H5.3ClH.Ti/c1-2-4-5-3-1;;;;/h1-2,5H,3H2;3*1H;/q-1;;;;+4/p-3. The summed E-state index contributed by atoms with van der Waals surface area (Å²) >= 11 is 0.